The second-order valence-electron chi connectivity index (χ2n) is 11.1. The van der Waals surface area contributed by atoms with Crippen LogP contribution in [0.1, 0.15) is 56.8 Å². The van der Waals surface area contributed by atoms with Crippen LogP contribution >= 0.6 is 12.2 Å². The first-order chi connectivity index (χ1) is 16.5. The minimum absolute atomic E-state index is 0.112. The van der Waals surface area contributed by atoms with Crippen LogP contribution in [0.2, 0.25) is 0 Å². The predicted octanol–water partition coefficient (Wildman–Crippen LogP) is 4.06. The average molecular weight is 481 g/mol. The number of rotatable bonds is 6. The summed E-state index contributed by atoms with van der Waals surface area (Å²) in [5, 5.41) is 19.8. The molecule has 1 aliphatic heterocycles. The van der Waals surface area contributed by atoms with Gasteiger partial charge in [0, 0.05) is 31.6 Å². The highest BCUT2D eigenvalue weighted by Gasteiger charge is 2.54. The van der Waals surface area contributed by atoms with Crippen molar-refractivity contribution < 1.29 is 5.11 Å². The van der Waals surface area contributed by atoms with Crippen molar-refractivity contribution in [3.8, 4) is 5.75 Å². The van der Waals surface area contributed by atoms with E-state index in [9.17, 15) is 5.11 Å². The maximum absolute atomic E-state index is 9.63. The van der Waals surface area contributed by atoms with Crippen molar-refractivity contribution >= 4 is 18.4 Å². The Kier molecular flexibility index (Phi) is 5.86. The number of phenolic OH excluding ortho intramolecular Hbond substituents is 1. The van der Waals surface area contributed by atoms with Crippen LogP contribution in [0.25, 0.3) is 0 Å². The van der Waals surface area contributed by atoms with Crippen molar-refractivity contribution in [2.75, 3.05) is 32.7 Å². The molecule has 1 N–H and O–H groups in total. The number of aromatic nitrogens is 3. The van der Waals surface area contributed by atoms with Gasteiger partial charge in [0.15, 0.2) is 5.82 Å². The van der Waals surface area contributed by atoms with Gasteiger partial charge in [0.2, 0.25) is 4.77 Å². The molecule has 0 atom stereocenters. The lowest BCUT2D eigenvalue weighted by Gasteiger charge is -2.55. The summed E-state index contributed by atoms with van der Waals surface area (Å²) in [6.07, 6.45) is 9.75. The first kappa shape index (κ1) is 22.4. The van der Waals surface area contributed by atoms with Crippen LogP contribution in [0.3, 0.4) is 0 Å². The molecule has 0 amide bonds. The Bertz CT molecular complexity index is 1080. The van der Waals surface area contributed by atoms with Crippen LogP contribution in [-0.2, 0) is 12.1 Å². The number of hydrogen-bond acceptors (Lipinski definition) is 6. The molecule has 0 radical (unpaired) electrons. The smallest absolute Gasteiger partial charge is 0.220 e. The number of likely N-dealkylation sites (N-methyl/N-ethyl adjacent to an activating group) is 1. The third-order valence-corrected chi connectivity index (χ3v) is 9.18. The van der Waals surface area contributed by atoms with E-state index in [4.69, 9.17) is 22.4 Å². The molecule has 1 aromatic carbocycles. The van der Waals surface area contributed by atoms with Gasteiger partial charge in [-0.3, -0.25) is 4.90 Å². The van der Waals surface area contributed by atoms with Crippen LogP contribution in [0.4, 0.5) is 0 Å². The van der Waals surface area contributed by atoms with E-state index >= 15 is 0 Å². The zero-order valence-corrected chi connectivity index (χ0v) is 21.0. The van der Waals surface area contributed by atoms with Gasteiger partial charge in [-0.25, -0.2) is 4.68 Å². The molecular formula is C26H36N6OS. The van der Waals surface area contributed by atoms with Crippen molar-refractivity contribution in [2.24, 2.45) is 22.9 Å². The summed E-state index contributed by atoms with van der Waals surface area (Å²) in [6.45, 7) is 8.38. The number of hydrogen-bond donors (Lipinski definition) is 1. The van der Waals surface area contributed by atoms with Gasteiger partial charge in [-0.2, -0.15) is 14.9 Å². The van der Waals surface area contributed by atoms with Gasteiger partial charge >= 0.3 is 0 Å². The Morgan fingerprint density at radius 2 is 1.59 bits per heavy atom. The molecule has 2 aromatic rings. The van der Waals surface area contributed by atoms with Gasteiger partial charge in [0.1, 0.15) is 5.75 Å². The topological polar surface area (TPSA) is 61.8 Å². The standard InChI is InChI=1S/C26H36N6OS/c1-2-29-7-9-30(10-8-29)18-31-25(34)32(27-17-19-3-5-23(33)6-4-19)24(28-31)26-14-20-11-21(15-26)13-22(12-20)16-26/h3-6,17,20-22,33H,2,7-16,18H2,1H3/b27-17+. The minimum atomic E-state index is 0.112. The van der Waals surface area contributed by atoms with Crippen LogP contribution in [0.5, 0.6) is 5.75 Å². The Morgan fingerprint density at radius 1 is 1.00 bits per heavy atom. The number of piperazine rings is 1. The van der Waals surface area contributed by atoms with E-state index in [-0.39, 0.29) is 11.2 Å². The first-order valence-corrected chi connectivity index (χ1v) is 13.4. The lowest BCUT2D eigenvalue weighted by molar-refractivity contribution is -0.0112. The van der Waals surface area contributed by atoms with Crippen LogP contribution < -0.4 is 0 Å². The molecule has 0 spiro atoms. The number of nitrogens with zero attached hydrogens (tertiary/aromatic N) is 6. The average Bonchev–Trinajstić information content (AvgIpc) is 3.14. The quantitative estimate of drug-likeness (QED) is 0.499. The molecular weight excluding hydrogens is 444 g/mol. The van der Waals surface area contributed by atoms with E-state index in [2.05, 4.69) is 16.7 Å². The molecule has 8 heteroatoms. The molecule has 5 fully saturated rings. The van der Waals surface area contributed by atoms with Crippen LogP contribution in [0.15, 0.2) is 29.4 Å². The number of aromatic hydroxyl groups is 1. The molecule has 4 saturated carbocycles. The zero-order chi connectivity index (χ0) is 23.3. The van der Waals surface area contributed by atoms with Gasteiger partial charge in [-0.15, -0.1) is 0 Å². The summed E-state index contributed by atoms with van der Waals surface area (Å²) >= 11 is 5.99. The first-order valence-electron chi connectivity index (χ1n) is 13.0. The fraction of sp³-hybridized carbons (Fsp3) is 0.654. The largest absolute Gasteiger partial charge is 0.508 e. The van der Waals surface area contributed by atoms with E-state index in [0.29, 0.717) is 4.77 Å². The highest BCUT2D eigenvalue weighted by Crippen LogP contribution is 2.60. The van der Waals surface area contributed by atoms with Crippen molar-refractivity contribution in [2.45, 2.75) is 57.5 Å². The van der Waals surface area contributed by atoms with Crippen LogP contribution in [0, 0.1) is 22.5 Å². The van der Waals surface area contributed by atoms with Crippen molar-refractivity contribution in [1.29, 1.82) is 0 Å². The highest BCUT2D eigenvalue weighted by molar-refractivity contribution is 7.71. The van der Waals surface area contributed by atoms with Crippen LogP contribution in [-0.4, -0.2) is 68.3 Å². The molecule has 1 aromatic heterocycles. The van der Waals surface area contributed by atoms with Gasteiger partial charge in [0.25, 0.3) is 0 Å². The van der Waals surface area contributed by atoms with E-state index in [1.807, 2.05) is 27.7 Å². The second kappa shape index (κ2) is 8.88. The maximum Gasteiger partial charge on any atom is 0.220 e. The molecule has 2 heterocycles. The van der Waals surface area contributed by atoms with Gasteiger partial charge in [-0.1, -0.05) is 6.92 Å². The van der Waals surface area contributed by atoms with E-state index < -0.39 is 0 Å². The molecule has 5 aliphatic rings. The summed E-state index contributed by atoms with van der Waals surface area (Å²) < 4.78 is 4.69. The van der Waals surface area contributed by atoms with E-state index in [1.54, 1.807) is 12.1 Å². The molecule has 4 bridgehead atoms. The van der Waals surface area contributed by atoms with E-state index in [0.717, 1.165) is 68.5 Å². The third kappa shape index (κ3) is 4.14. The third-order valence-electron chi connectivity index (χ3n) is 8.79. The minimum Gasteiger partial charge on any atom is -0.508 e. The summed E-state index contributed by atoms with van der Waals surface area (Å²) in [6, 6.07) is 7.15. The normalized spacial score (nSPS) is 31.6. The second-order valence-corrected chi connectivity index (χ2v) is 11.5. The highest BCUT2D eigenvalue weighted by atomic mass is 32.1. The predicted molar refractivity (Wildman–Crippen MR) is 136 cm³/mol. The molecule has 34 heavy (non-hydrogen) atoms. The van der Waals surface area contributed by atoms with Gasteiger partial charge in [-0.05, 0) is 105 Å². The summed E-state index contributed by atoms with van der Waals surface area (Å²) in [5.41, 5.74) is 1.06. The SMILES string of the molecule is CCN1CCN(Cn2nc(C34CC5CC(CC(C5)C3)C4)n(/N=C/c3ccc(O)cc3)c2=S)CC1. The van der Waals surface area contributed by atoms with Gasteiger partial charge in [0.05, 0.1) is 12.9 Å². The Hall–Kier alpha value is -2.03. The maximum atomic E-state index is 9.63. The Labute approximate surface area is 207 Å². The summed E-state index contributed by atoms with van der Waals surface area (Å²) in [4.78, 5) is 4.96. The monoisotopic (exact) mass is 480 g/mol. The summed E-state index contributed by atoms with van der Waals surface area (Å²) in [5.74, 6) is 3.85. The number of benzene rings is 1. The number of phenols is 1. The Balaban J connectivity index is 1.34. The lowest BCUT2D eigenvalue weighted by atomic mass is 9.49. The molecule has 7 nitrogen and oxygen atoms in total. The molecule has 1 saturated heterocycles. The Morgan fingerprint density at radius 3 is 2.18 bits per heavy atom. The molecule has 0 unspecified atom stereocenters. The fourth-order valence-corrected chi connectivity index (χ4v) is 7.66. The van der Waals surface area contributed by atoms with Crippen molar-refractivity contribution in [3.63, 3.8) is 0 Å². The van der Waals surface area contributed by atoms with Crippen molar-refractivity contribution in [3.05, 3.63) is 40.4 Å². The van der Waals surface area contributed by atoms with Crippen molar-refractivity contribution in [1.82, 2.24) is 24.3 Å². The molecule has 7 rings (SSSR count). The van der Waals surface area contributed by atoms with E-state index in [1.165, 1.54) is 38.5 Å². The zero-order valence-electron chi connectivity index (χ0n) is 20.1. The lowest BCUT2D eigenvalue weighted by Crippen LogP contribution is -2.49. The fourth-order valence-electron chi connectivity index (χ4n) is 7.43. The summed E-state index contributed by atoms with van der Waals surface area (Å²) in [7, 11) is 0. The molecule has 4 aliphatic carbocycles. The van der Waals surface area contributed by atoms with Gasteiger partial charge < -0.3 is 10.0 Å². The molecule has 182 valence electrons.